The molecule has 0 aromatic heterocycles. The van der Waals surface area contributed by atoms with Gasteiger partial charge in [-0.05, 0) is 35.7 Å². The quantitative estimate of drug-likeness (QED) is 0.821. The average molecular weight is 392 g/mol. The second-order valence-electron chi connectivity index (χ2n) is 7.00. The molecule has 0 aliphatic carbocycles. The molecule has 27 heavy (non-hydrogen) atoms. The monoisotopic (exact) mass is 392 g/mol. The van der Waals surface area contributed by atoms with Gasteiger partial charge in [0.1, 0.15) is 5.82 Å². The van der Waals surface area contributed by atoms with Crippen LogP contribution in [0.3, 0.4) is 0 Å². The number of morpholine rings is 1. The molecule has 2 aromatic rings. The van der Waals surface area contributed by atoms with Gasteiger partial charge < -0.3 is 4.74 Å². The van der Waals surface area contributed by atoms with Crippen molar-refractivity contribution in [1.29, 1.82) is 0 Å². The summed E-state index contributed by atoms with van der Waals surface area (Å²) in [6.07, 6.45) is 1.03. The van der Waals surface area contributed by atoms with E-state index in [0.29, 0.717) is 13.2 Å². The van der Waals surface area contributed by atoms with Crippen molar-refractivity contribution in [1.82, 2.24) is 9.62 Å². The molecule has 0 spiro atoms. The lowest BCUT2D eigenvalue weighted by atomic mass is 10.1. The van der Waals surface area contributed by atoms with Gasteiger partial charge in [0.15, 0.2) is 0 Å². The zero-order valence-electron chi connectivity index (χ0n) is 15.6. The van der Waals surface area contributed by atoms with Gasteiger partial charge >= 0.3 is 0 Å². The molecule has 0 radical (unpaired) electrons. The lowest BCUT2D eigenvalue weighted by Crippen LogP contribution is -2.37. The second kappa shape index (κ2) is 8.48. The van der Waals surface area contributed by atoms with E-state index in [-0.39, 0.29) is 18.0 Å². The Labute approximate surface area is 160 Å². The summed E-state index contributed by atoms with van der Waals surface area (Å²) in [7, 11) is -3.24. The third-order valence-corrected chi connectivity index (χ3v) is 5.43. The van der Waals surface area contributed by atoms with Gasteiger partial charge in [-0.2, -0.15) is 0 Å². The summed E-state index contributed by atoms with van der Waals surface area (Å²) in [5.74, 6) is -0.249. The van der Waals surface area contributed by atoms with Crippen LogP contribution in [0.4, 0.5) is 4.39 Å². The van der Waals surface area contributed by atoms with E-state index in [0.717, 1.165) is 36.0 Å². The van der Waals surface area contributed by atoms with Gasteiger partial charge in [0.25, 0.3) is 0 Å². The third kappa shape index (κ3) is 5.84. The molecule has 5 nitrogen and oxygen atoms in total. The normalized spacial score (nSPS) is 19.7. The van der Waals surface area contributed by atoms with Crippen LogP contribution in [0.1, 0.15) is 35.8 Å². The van der Waals surface area contributed by atoms with Crippen LogP contribution in [0.15, 0.2) is 48.5 Å². The van der Waals surface area contributed by atoms with Crippen molar-refractivity contribution in [2.75, 3.05) is 26.0 Å². The number of nitrogens with zero attached hydrogens (tertiary/aromatic N) is 1. The Morgan fingerprint density at radius 3 is 2.67 bits per heavy atom. The molecular formula is C20H25FN2O3S. The summed E-state index contributed by atoms with van der Waals surface area (Å²) >= 11 is 0. The minimum absolute atomic E-state index is 0.132. The van der Waals surface area contributed by atoms with Crippen molar-refractivity contribution in [2.45, 2.75) is 25.6 Å². The van der Waals surface area contributed by atoms with Gasteiger partial charge in [0, 0.05) is 25.7 Å². The number of nitrogens with one attached hydrogen (secondary N) is 1. The Morgan fingerprint density at radius 1 is 1.26 bits per heavy atom. The molecule has 146 valence electrons. The topological polar surface area (TPSA) is 58.6 Å². The van der Waals surface area contributed by atoms with E-state index in [2.05, 4.69) is 9.62 Å². The van der Waals surface area contributed by atoms with E-state index in [1.807, 2.05) is 37.3 Å². The van der Waals surface area contributed by atoms with Crippen molar-refractivity contribution >= 4 is 10.0 Å². The summed E-state index contributed by atoms with van der Waals surface area (Å²) in [6, 6.07) is 14.2. The third-order valence-electron chi connectivity index (χ3n) is 4.65. The molecule has 1 aliphatic rings. The predicted octanol–water partition coefficient (Wildman–Crippen LogP) is 3.01. The van der Waals surface area contributed by atoms with Crippen molar-refractivity contribution in [3.05, 3.63) is 71.0 Å². The number of sulfonamides is 1. The van der Waals surface area contributed by atoms with Crippen LogP contribution in [-0.4, -0.2) is 39.3 Å². The second-order valence-corrected chi connectivity index (χ2v) is 8.78. The van der Waals surface area contributed by atoms with E-state index in [9.17, 15) is 12.8 Å². The predicted molar refractivity (Wildman–Crippen MR) is 103 cm³/mol. The van der Waals surface area contributed by atoms with Crippen molar-refractivity contribution in [3.8, 4) is 0 Å². The van der Waals surface area contributed by atoms with Gasteiger partial charge in [-0.25, -0.2) is 17.5 Å². The summed E-state index contributed by atoms with van der Waals surface area (Å²) in [4.78, 5) is 2.28. The van der Waals surface area contributed by atoms with Gasteiger partial charge in [-0.3, -0.25) is 4.90 Å². The number of halogens is 1. The van der Waals surface area contributed by atoms with Gasteiger partial charge in [0.2, 0.25) is 10.0 Å². The van der Waals surface area contributed by atoms with Crippen molar-refractivity contribution in [3.63, 3.8) is 0 Å². The highest BCUT2D eigenvalue weighted by molar-refractivity contribution is 7.88. The molecule has 0 amide bonds. The highest BCUT2D eigenvalue weighted by Gasteiger charge is 2.22. The Kier molecular flexibility index (Phi) is 6.26. The minimum Gasteiger partial charge on any atom is -0.371 e. The maximum Gasteiger partial charge on any atom is 0.209 e. The minimum atomic E-state index is -3.24. The molecule has 0 saturated carbocycles. The Bertz CT molecular complexity index is 871. The SMILES string of the molecule is C[C@@H](NS(C)(=O)=O)c1ccc(CN2CCOC(c3cccc(F)c3)C2)cc1. The Balaban J connectivity index is 1.61. The first-order valence-electron chi connectivity index (χ1n) is 8.96. The van der Waals surface area contributed by atoms with E-state index < -0.39 is 10.0 Å². The Morgan fingerprint density at radius 2 is 2.00 bits per heavy atom. The van der Waals surface area contributed by atoms with Crippen molar-refractivity contribution in [2.24, 2.45) is 0 Å². The largest absolute Gasteiger partial charge is 0.371 e. The van der Waals surface area contributed by atoms with Crippen LogP contribution in [0.2, 0.25) is 0 Å². The van der Waals surface area contributed by atoms with Gasteiger partial charge in [0.05, 0.1) is 19.0 Å². The molecule has 1 unspecified atom stereocenters. The fraction of sp³-hybridized carbons (Fsp3) is 0.400. The lowest BCUT2D eigenvalue weighted by Gasteiger charge is -2.33. The molecule has 0 bridgehead atoms. The number of hydrogen-bond acceptors (Lipinski definition) is 4. The fourth-order valence-corrected chi connectivity index (χ4v) is 4.09. The Hall–Kier alpha value is -1.80. The molecule has 1 fully saturated rings. The maximum absolute atomic E-state index is 13.5. The number of hydrogen-bond donors (Lipinski definition) is 1. The highest BCUT2D eigenvalue weighted by atomic mass is 32.2. The first-order valence-corrected chi connectivity index (χ1v) is 10.8. The van der Waals surface area contributed by atoms with E-state index in [4.69, 9.17) is 4.74 Å². The highest BCUT2D eigenvalue weighted by Crippen LogP contribution is 2.24. The molecule has 2 atom stereocenters. The number of benzene rings is 2. The van der Waals surface area contributed by atoms with E-state index in [1.165, 1.54) is 12.1 Å². The smallest absolute Gasteiger partial charge is 0.209 e. The van der Waals surface area contributed by atoms with E-state index in [1.54, 1.807) is 6.07 Å². The molecule has 3 rings (SSSR count). The van der Waals surface area contributed by atoms with E-state index >= 15 is 0 Å². The molecule has 1 saturated heterocycles. The molecule has 7 heteroatoms. The zero-order valence-corrected chi connectivity index (χ0v) is 16.4. The zero-order chi connectivity index (χ0) is 19.4. The summed E-state index contributed by atoms with van der Waals surface area (Å²) in [5.41, 5.74) is 2.92. The molecule has 1 N–H and O–H groups in total. The molecular weight excluding hydrogens is 367 g/mol. The maximum atomic E-state index is 13.5. The average Bonchev–Trinajstić information content (AvgIpc) is 2.61. The van der Waals surface area contributed by atoms with Crippen LogP contribution in [0.5, 0.6) is 0 Å². The molecule has 1 heterocycles. The molecule has 1 aliphatic heterocycles. The summed E-state index contributed by atoms with van der Waals surface area (Å²) in [5, 5.41) is 0. The van der Waals surface area contributed by atoms with Crippen molar-refractivity contribution < 1.29 is 17.5 Å². The standard InChI is InChI=1S/C20H25FN2O3S/c1-15(22-27(2,24)25)17-8-6-16(7-9-17)13-23-10-11-26-20(14-23)18-4-3-5-19(21)12-18/h3-9,12,15,20,22H,10-11,13-14H2,1-2H3/t15-,20?/m1/s1. The lowest BCUT2D eigenvalue weighted by molar-refractivity contribution is -0.0330. The summed E-state index contributed by atoms with van der Waals surface area (Å²) < 4.78 is 44.6. The van der Waals surface area contributed by atoms with Crippen LogP contribution in [0, 0.1) is 5.82 Å². The van der Waals surface area contributed by atoms with Crippen LogP contribution in [0.25, 0.3) is 0 Å². The number of ether oxygens (including phenoxy) is 1. The summed E-state index contributed by atoms with van der Waals surface area (Å²) in [6.45, 7) is 4.72. The first-order chi connectivity index (χ1) is 12.8. The van der Waals surface area contributed by atoms with Crippen LogP contribution < -0.4 is 4.72 Å². The van der Waals surface area contributed by atoms with Gasteiger partial charge in [-0.15, -0.1) is 0 Å². The van der Waals surface area contributed by atoms with Crippen LogP contribution >= 0.6 is 0 Å². The fourth-order valence-electron chi connectivity index (χ4n) is 3.31. The van der Waals surface area contributed by atoms with Gasteiger partial charge in [-0.1, -0.05) is 36.4 Å². The van der Waals surface area contributed by atoms with Crippen LogP contribution in [-0.2, 0) is 21.3 Å². The number of rotatable bonds is 6. The first kappa shape index (κ1) is 19.9. The molecule has 2 aromatic carbocycles.